The van der Waals surface area contributed by atoms with Crippen molar-refractivity contribution >= 4 is 17.2 Å². The minimum Gasteiger partial charge on any atom is -0.354 e. The Balaban J connectivity index is 1.49. The van der Waals surface area contributed by atoms with E-state index in [9.17, 15) is 4.79 Å². The summed E-state index contributed by atoms with van der Waals surface area (Å²) in [5.41, 5.74) is 1.83. The Morgan fingerprint density at radius 1 is 1.35 bits per heavy atom. The van der Waals surface area contributed by atoms with Gasteiger partial charge >= 0.3 is 0 Å². The van der Waals surface area contributed by atoms with Gasteiger partial charge in [0, 0.05) is 30.5 Å². The Morgan fingerprint density at radius 2 is 2.17 bits per heavy atom. The number of hydrogen-bond donors (Lipinski definition) is 1. The van der Waals surface area contributed by atoms with E-state index in [0.29, 0.717) is 18.9 Å². The molecule has 7 nitrogen and oxygen atoms in total. The molecule has 3 aromatic heterocycles. The summed E-state index contributed by atoms with van der Waals surface area (Å²) in [6.45, 7) is 3.18. The molecule has 0 fully saturated rings. The van der Waals surface area contributed by atoms with Crippen LogP contribution in [0.15, 0.2) is 36.2 Å². The summed E-state index contributed by atoms with van der Waals surface area (Å²) >= 11 is 1.44. The first-order valence-corrected chi connectivity index (χ1v) is 8.06. The number of aromatic nitrogens is 5. The predicted molar refractivity (Wildman–Crippen MR) is 86.8 cm³/mol. The Bertz CT molecular complexity index is 782. The van der Waals surface area contributed by atoms with Crippen molar-refractivity contribution in [1.29, 1.82) is 0 Å². The second kappa shape index (κ2) is 7.10. The molecule has 1 amide bonds. The van der Waals surface area contributed by atoms with Crippen LogP contribution in [0.4, 0.5) is 0 Å². The van der Waals surface area contributed by atoms with Crippen LogP contribution in [0.5, 0.6) is 0 Å². The van der Waals surface area contributed by atoms with Crippen LogP contribution in [-0.2, 0) is 17.8 Å². The topological polar surface area (TPSA) is 85.6 Å². The molecule has 0 aliphatic heterocycles. The van der Waals surface area contributed by atoms with Gasteiger partial charge in [0.05, 0.1) is 24.9 Å². The summed E-state index contributed by atoms with van der Waals surface area (Å²) in [6, 6.07) is 1.76. The smallest absolute Gasteiger partial charge is 0.226 e. The van der Waals surface area contributed by atoms with Crippen molar-refractivity contribution in [3.63, 3.8) is 0 Å². The van der Waals surface area contributed by atoms with Gasteiger partial charge in [-0.3, -0.25) is 9.48 Å². The molecule has 0 radical (unpaired) electrons. The maximum absolute atomic E-state index is 11.9. The lowest BCUT2D eigenvalue weighted by Crippen LogP contribution is -2.28. The van der Waals surface area contributed by atoms with E-state index in [0.717, 1.165) is 16.3 Å². The van der Waals surface area contributed by atoms with Crippen molar-refractivity contribution in [2.75, 3.05) is 6.54 Å². The van der Waals surface area contributed by atoms with Gasteiger partial charge in [-0.15, -0.1) is 11.3 Å². The van der Waals surface area contributed by atoms with E-state index in [2.05, 4.69) is 25.4 Å². The first-order valence-electron chi connectivity index (χ1n) is 7.18. The molecule has 3 aromatic rings. The van der Waals surface area contributed by atoms with Crippen molar-refractivity contribution in [2.45, 2.75) is 19.9 Å². The molecule has 3 heterocycles. The van der Waals surface area contributed by atoms with Crippen LogP contribution in [0.3, 0.4) is 0 Å². The molecule has 23 heavy (non-hydrogen) atoms. The molecule has 0 bridgehead atoms. The quantitative estimate of drug-likeness (QED) is 0.740. The van der Waals surface area contributed by atoms with E-state index in [1.54, 1.807) is 24.7 Å². The van der Waals surface area contributed by atoms with E-state index in [1.807, 2.05) is 23.2 Å². The highest BCUT2D eigenvalue weighted by Crippen LogP contribution is 2.19. The second-order valence-electron chi connectivity index (χ2n) is 5.02. The van der Waals surface area contributed by atoms with Gasteiger partial charge in [0.15, 0.2) is 10.8 Å². The minimum atomic E-state index is -0.0558. The molecule has 0 atom stereocenters. The van der Waals surface area contributed by atoms with Gasteiger partial charge in [0.1, 0.15) is 0 Å². The van der Waals surface area contributed by atoms with Gasteiger partial charge in [0.25, 0.3) is 0 Å². The minimum absolute atomic E-state index is 0.0558. The molecule has 0 aliphatic carbocycles. The van der Waals surface area contributed by atoms with E-state index >= 15 is 0 Å². The third kappa shape index (κ3) is 4.19. The number of hydrogen-bond acceptors (Lipinski definition) is 6. The SMILES string of the molecule is Cc1cnn(CCNC(=O)Cc2csc(-c3ncccn3)n2)c1. The second-order valence-corrected chi connectivity index (χ2v) is 5.88. The summed E-state index contributed by atoms with van der Waals surface area (Å²) in [5, 5.41) is 9.63. The van der Waals surface area contributed by atoms with Crippen molar-refractivity contribution in [1.82, 2.24) is 30.0 Å². The Kier molecular flexibility index (Phi) is 4.72. The van der Waals surface area contributed by atoms with Crippen LogP contribution in [0.1, 0.15) is 11.3 Å². The highest BCUT2D eigenvalue weighted by Gasteiger charge is 2.10. The van der Waals surface area contributed by atoms with Gasteiger partial charge < -0.3 is 5.32 Å². The summed E-state index contributed by atoms with van der Waals surface area (Å²) < 4.78 is 1.81. The summed E-state index contributed by atoms with van der Waals surface area (Å²) in [6.07, 6.45) is 7.34. The van der Waals surface area contributed by atoms with Crippen molar-refractivity contribution < 1.29 is 4.79 Å². The number of carbonyl (C=O) groups excluding carboxylic acids is 1. The number of thiazole rings is 1. The normalized spacial score (nSPS) is 10.7. The van der Waals surface area contributed by atoms with Gasteiger partial charge in [-0.1, -0.05) is 0 Å². The molecule has 0 unspecified atom stereocenters. The maximum atomic E-state index is 11.9. The molecular formula is C15H16N6OS. The van der Waals surface area contributed by atoms with Crippen LogP contribution in [0, 0.1) is 6.92 Å². The van der Waals surface area contributed by atoms with Gasteiger partial charge in [-0.2, -0.15) is 5.10 Å². The number of carbonyl (C=O) groups is 1. The molecule has 0 saturated carbocycles. The van der Waals surface area contributed by atoms with E-state index in [4.69, 9.17) is 0 Å². The molecule has 1 N–H and O–H groups in total. The van der Waals surface area contributed by atoms with Crippen LogP contribution in [0.2, 0.25) is 0 Å². The fraction of sp³-hybridized carbons (Fsp3) is 0.267. The van der Waals surface area contributed by atoms with Gasteiger partial charge in [-0.25, -0.2) is 15.0 Å². The van der Waals surface area contributed by atoms with Crippen molar-refractivity contribution in [2.24, 2.45) is 0 Å². The molecule has 3 rings (SSSR count). The summed E-state index contributed by atoms with van der Waals surface area (Å²) in [7, 11) is 0. The fourth-order valence-corrected chi connectivity index (χ4v) is 2.79. The molecule has 0 aromatic carbocycles. The monoisotopic (exact) mass is 328 g/mol. The molecule has 0 aliphatic rings. The van der Waals surface area contributed by atoms with Crippen LogP contribution < -0.4 is 5.32 Å². The predicted octanol–water partition coefficient (Wildman–Crippen LogP) is 1.46. The van der Waals surface area contributed by atoms with Crippen molar-refractivity contribution in [3.05, 3.63) is 47.5 Å². The number of aryl methyl sites for hydroxylation is 1. The number of nitrogens with one attached hydrogen (secondary N) is 1. The van der Waals surface area contributed by atoms with Crippen LogP contribution >= 0.6 is 11.3 Å². The standard InChI is InChI=1S/C15H16N6OS/c1-11-8-19-21(9-11)6-5-16-13(22)7-12-10-23-15(20-12)14-17-3-2-4-18-14/h2-4,8-10H,5-7H2,1H3,(H,16,22). The zero-order valence-corrected chi connectivity index (χ0v) is 13.5. The number of amides is 1. The molecule has 8 heteroatoms. The Morgan fingerprint density at radius 3 is 2.91 bits per heavy atom. The van der Waals surface area contributed by atoms with E-state index in [-0.39, 0.29) is 12.3 Å². The van der Waals surface area contributed by atoms with Crippen molar-refractivity contribution in [3.8, 4) is 10.8 Å². The molecule has 0 spiro atoms. The fourth-order valence-electron chi connectivity index (χ4n) is 2.03. The highest BCUT2D eigenvalue weighted by atomic mass is 32.1. The Labute approximate surface area is 137 Å². The Hall–Kier alpha value is -2.61. The summed E-state index contributed by atoms with van der Waals surface area (Å²) in [5.74, 6) is 0.526. The van der Waals surface area contributed by atoms with Crippen LogP contribution in [0.25, 0.3) is 10.8 Å². The largest absolute Gasteiger partial charge is 0.354 e. The lowest BCUT2D eigenvalue weighted by molar-refractivity contribution is -0.120. The average Bonchev–Trinajstić information content (AvgIpc) is 3.17. The van der Waals surface area contributed by atoms with Gasteiger partial charge in [-0.05, 0) is 18.6 Å². The molecule has 118 valence electrons. The van der Waals surface area contributed by atoms with E-state index in [1.165, 1.54) is 11.3 Å². The highest BCUT2D eigenvalue weighted by molar-refractivity contribution is 7.13. The zero-order chi connectivity index (χ0) is 16.1. The number of rotatable bonds is 6. The first-order chi connectivity index (χ1) is 11.2. The maximum Gasteiger partial charge on any atom is 0.226 e. The van der Waals surface area contributed by atoms with Gasteiger partial charge in [0.2, 0.25) is 5.91 Å². The molecule has 0 saturated heterocycles. The third-order valence-corrected chi connectivity index (χ3v) is 3.96. The lowest BCUT2D eigenvalue weighted by atomic mass is 10.3. The first kappa shape index (κ1) is 15.3. The van der Waals surface area contributed by atoms with E-state index < -0.39 is 0 Å². The average molecular weight is 328 g/mol. The lowest BCUT2D eigenvalue weighted by Gasteiger charge is -2.04. The zero-order valence-electron chi connectivity index (χ0n) is 12.6. The summed E-state index contributed by atoms with van der Waals surface area (Å²) in [4.78, 5) is 24.7. The third-order valence-electron chi connectivity index (χ3n) is 3.08. The molecular weight excluding hydrogens is 312 g/mol. The number of nitrogens with zero attached hydrogens (tertiary/aromatic N) is 5. The van der Waals surface area contributed by atoms with Crippen LogP contribution in [-0.4, -0.2) is 37.2 Å².